The molecule has 1 aromatic heterocycles. The summed E-state index contributed by atoms with van der Waals surface area (Å²) in [5, 5.41) is 3.84. The number of hydrogen-bond donors (Lipinski definition) is 1. The predicted molar refractivity (Wildman–Crippen MR) is 105 cm³/mol. The van der Waals surface area contributed by atoms with E-state index in [4.69, 9.17) is 0 Å². The summed E-state index contributed by atoms with van der Waals surface area (Å²) in [5.74, 6) is -0.227. The first-order valence-electron chi connectivity index (χ1n) is 8.02. The molecule has 4 nitrogen and oxygen atoms in total. The van der Waals surface area contributed by atoms with Crippen LogP contribution < -0.4 is 10.9 Å². The largest absolute Gasteiger partial charge is 0.325 e. The molecule has 0 atom stereocenters. The molecule has 1 N–H and O–H groups in total. The maximum atomic E-state index is 12.5. The van der Waals surface area contributed by atoms with Gasteiger partial charge in [0, 0.05) is 21.6 Å². The minimum atomic E-state index is -0.227. The molecule has 128 valence electrons. The number of halogens is 1. The van der Waals surface area contributed by atoms with Crippen molar-refractivity contribution in [1.29, 1.82) is 0 Å². The maximum Gasteiger partial charge on any atom is 0.251 e. The van der Waals surface area contributed by atoms with Crippen molar-refractivity contribution in [2.24, 2.45) is 0 Å². The van der Waals surface area contributed by atoms with E-state index in [1.807, 2.05) is 51.1 Å². The lowest BCUT2D eigenvalue weighted by Crippen LogP contribution is -2.28. The SMILES string of the molecule is Cc1cc(C)c2c(c1)c(C)cc(=O)n2CC(=O)Nc1ccc(Br)cc1. The zero-order valence-electron chi connectivity index (χ0n) is 14.4. The van der Waals surface area contributed by atoms with E-state index in [1.54, 1.807) is 10.6 Å². The summed E-state index contributed by atoms with van der Waals surface area (Å²) in [6.45, 7) is 5.91. The van der Waals surface area contributed by atoms with Crippen LogP contribution in [-0.4, -0.2) is 10.5 Å². The number of pyridine rings is 1. The maximum absolute atomic E-state index is 12.5. The number of fused-ring (bicyclic) bond motifs is 1. The van der Waals surface area contributed by atoms with Crippen LogP contribution in [0.5, 0.6) is 0 Å². The molecule has 0 saturated heterocycles. The van der Waals surface area contributed by atoms with Gasteiger partial charge in [0.1, 0.15) is 6.54 Å². The summed E-state index contributed by atoms with van der Waals surface area (Å²) in [6.07, 6.45) is 0. The lowest BCUT2D eigenvalue weighted by molar-refractivity contribution is -0.116. The third kappa shape index (κ3) is 3.66. The number of aromatic nitrogens is 1. The van der Waals surface area contributed by atoms with Crippen molar-refractivity contribution in [3.05, 3.63) is 74.0 Å². The van der Waals surface area contributed by atoms with Crippen molar-refractivity contribution in [3.8, 4) is 0 Å². The molecule has 0 spiro atoms. The van der Waals surface area contributed by atoms with E-state index in [0.717, 1.165) is 32.1 Å². The lowest BCUT2D eigenvalue weighted by atomic mass is 10.0. The average Bonchev–Trinajstić information content (AvgIpc) is 2.53. The van der Waals surface area contributed by atoms with Crippen LogP contribution in [0.15, 0.2) is 51.7 Å². The quantitative estimate of drug-likeness (QED) is 0.713. The molecule has 0 aliphatic heterocycles. The highest BCUT2D eigenvalue weighted by molar-refractivity contribution is 9.10. The van der Waals surface area contributed by atoms with Gasteiger partial charge in [0.2, 0.25) is 5.91 Å². The molecule has 1 heterocycles. The first kappa shape index (κ1) is 17.4. The molecule has 0 aliphatic carbocycles. The summed E-state index contributed by atoms with van der Waals surface area (Å²) >= 11 is 3.36. The van der Waals surface area contributed by atoms with Gasteiger partial charge in [-0.05, 0) is 62.2 Å². The molecule has 0 unspecified atom stereocenters. The van der Waals surface area contributed by atoms with Gasteiger partial charge in [-0.3, -0.25) is 14.2 Å². The van der Waals surface area contributed by atoms with Crippen molar-refractivity contribution in [2.75, 3.05) is 5.32 Å². The Morgan fingerprint density at radius 1 is 1.04 bits per heavy atom. The number of nitrogens with one attached hydrogen (secondary N) is 1. The van der Waals surface area contributed by atoms with Gasteiger partial charge in [-0.15, -0.1) is 0 Å². The number of anilines is 1. The molecule has 1 amide bonds. The molecule has 0 bridgehead atoms. The van der Waals surface area contributed by atoms with Crippen molar-refractivity contribution in [2.45, 2.75) is 27.3 Å². The Balaban J connectivity index is 1.99. The molecule has 3 rings (SSSR count). The minimum absolute atomic E-state index is 0.0183. The van der Waals surface area contributed by atoms with E-state index < -0.39 is 0 Å². The fraction of sp³-hybridized carbons (Fsp3) is 0.200. The van der Waals surface area contributed by atoms with Gasteiger partial charge in [-0.2, -0.15) is 0 Å². The van der Waals surface area contributed by atoms with Crippen LogP contribution in [0, 0.1) is 20.8 Å². The fourth-order valence-electron chi connectivity index (χ4n) is 3.10. The number of benzene rings is 2. The van der Waals surface area contributed by atoms with Crippen LogP contribution >= 0.6 is 15.9 Å². The number of carbonyl (C=O) groups is 1. The summed E-state index contributed by atoms with van der Waals surface area (Å²) in [7, 11) is 0. The number of nitrogens with zero attached hydrogens (tertiary/aromatic N) is 1. The minimum Gasteiger partial charge on any atom is -0.325 e. The molecule has 5 heteroatoms. The van der Waals surface area contributed by atoms with E-state index in [9.17, 15) is 9.59 Å². The number of rotatable bonds is 3. The Bertz CT molecular complexity index is 1020. The molecule has 3 aromatic rings. The van der Waals surface area contributed by atoms with E-state index in [1.165, 1.54) is 0 Å². The van der Waals surface area contributed by atoms with Crippen molar-refractivity contribution in [3.63, 3.8) is 0 Å². The van der Waals surface area contributed by atoms with Crippen molar-refractivity contribution < 1.29 is 4.79 Å². The highest BCUT2D eigenvalue weighted by Crippen LogP contribution is 2.22. The summed E-state index contributed by atoms with van der Waals surface area (Å²) < 4.78 is 2.49. The van der Waals surface area contributed by atoms with Crippen LogP contribution in [0.2, 0.25) is 0 Å². The molecule has 0 aliphatic rings. The van der Waals surface area contributed by atoms with Crippen LogP contribution in [-0.2, 0) is 11.3 Å². The smallest absolute Gasteiger partial charge is 0.251 e. The van der Waals surface area contributed by atoms with Gasteiger partial charge in [-0.25, -0.2) is 0 Å². The second kappa shape index (κ2) is 6.84. The van der Waals surface area contributed by atoms with Crippen molar-refractivity contribution in [1.82, 2.24) is 4.57 Å². The Labute approximate surface area is 154 Å². The third-order valence-electron chi connectivity index (χ3n) is 4.18. The van der Waals surface area contributed by atoms with Gasteiger partial charge in [0.05, 0.1) is 5.52 Å². The van der Waals surface area contributed by atoms with Gasteiger partial charge in [0.25, 0.3) is 5.56 Å². The second-order valence-electron chi connectivity index (χ2n) is 6.28. The topological polar surface area (TPSA) is 51.1 Å². The highest BCUT2D eigenvalue weighted by Gasteiger charge is 2.13. The zero-order chi connectivity index (χ0) is 18.1. The standard InChI is InChI=1S/C20H19BrN2O2/c1-12-8-14(3)20-17(9-12)13(2)10-19(25)23(20)11-18(24)22-16-6-4-15(21)5-7-16/h4-10H,11H2,1-3H3,(H,22,24). The van der Waals surface area contributed by atoms with E-state index >= 15 is 0 Å². The normalized spacial score (nSPS) is 10.9. The van der Waals surface area contributed by atoms with Crippen LogP contribution in [0.25, 0.3) is 10.9 Å². The Kier molecular flexibility index (Phi) is 4.77. The Morgan fingerprint density at radius 3 is 2.40 bits per heavy atom. The van der Waals surface area contributed by atoms with E-state index in [2.05, 4.69) is 27.3 Å². The molecule has 2 aromatic carbocycles. The monoisotopic (exact) mass is 398 g/mol. The molecular weight excluding hydrogens is 380 g/mol. The number of carbonyl (C=O) groups excluding carboxylic acids is 1. The zero-order valence-corrected chi connectivity index (χ0v) is 16.0. The fourth-order valence-corrected chi connectivity index (χ4v) is 3.37. The van der Waals surface area contributed by atoms with Gasteiger partial charge < -0.3 is 5.32 Å². The highest BCUT2D eigenvalue weighted by atomic mass is 79.9. The Hall–Kier alpha value is -2.40. The second-order valence-corrected chi connectivity index (χ2v) is 7.20. The number of hydrogen-bond acceptors (Lipinski definition) is 2. The summed E-state index contributed by atoms with van der Waals surface area (Å²) in [6, 6.07) is 13.0. The molecule has 0 fully saturated rings. The van der Waals surface area contributed by atoms with Crippen LogP contribution in [0.1, 0.15) is 16.7 Å². The van der Waals surface area contributed by atoms with Gasteiger partial charge >= 0.3 is 0 Å². The first-order chi connectivity index (χ1) is 11.8. The average molecular weight is 399 g/mol. The predicted octanol–water partition coefficient (Wildman–Crippen LogP) is 4.33. The van der Waals surface area contributed by atoms with Crippen LogP contribution in [0.3, 0.4) is 0 Å². The lowest BCUT2D eigenvalue weighted by Gasteiger charge is -2.15. The number of aryl methyl sites for hydroxylation is 3. The van der Waals surface area contributed by atoms with Gasteiger partial charge in [-0.1, -0.05) is 27.6 Å². The van der Waals surface area contributed by atoms with Crippen LogP contribution in [0.4, 0.5) is 5.69 Å². The molecule has 25 heavy (non-hydrogen) atoms. The van der Waals surface area contributed by atoms with Gasteiger partial charge in [0.15, 0.2) is 0 Å². The Morgan fingerprint density at radius 2 is 1.72 bits per heavy atom. The van der Waals surface area contributed by atoms with E-state index in [-0.39, 0.29) is 18.0 Å². The molecule has 0 radical (unpaired) electrons. The third-order valence-corrected chi connectivity index (χ3v) is 4.70. The molecular formula is C20H19BrN2O2. The van der Waals surface area contributed by atoms with E-state index in [0.29, 0.717) is 5.69 Å². The van der Waals surface area contributed by atoms with Crippen molar-refractivity contribution >= 4 is 38.4 Å². The summed E-state index contributed by atoms with van der Waals surface area (Å²) in [4.78, 5) is 24.9. The summed E-state index contributed by atoms with van der Waals surface area (Å²) in [5.41, 5.74) is 4.41. The molecule has 0 saturated carbocycles. The first-order valence-corrected chi connectivity index (χ1v) is 8.81. The number of amides is 1.